The fourth-order valence-corrected chi connectivity index (χ4v) is 2.14. The van der Waals surface area contributed by atoms with Crippen molar-refractivity contribution in [2.75, 3.05) is 20.1 Å². The Hall–Kier alpha value is -0.900. The van der Waals surface area contributed by atoms with Gasteiger partial charge in [-0.15, -0.1) is 0 Å². The van der Waals surface area contributed by atoms with Crippen LogP contribution in [0.3, 0.4) is 0 Å². The van der Waals surface area contributed by atoms with Crippen LogP contribution < -0.4 is 5.32 Å². The molecule has 0 aliphatic carbocycles. The van der Waals surface area contributed by atoms with Crippen LogP contribution in [-0.2, 0) is 9.59 Å². The Morgan fingerprint density at radius 2 is 1.92 bits per heavy atom. The maximum Gasteiger partial charge on any atom is 0.233 e. The lowest BCUT2D eigenvalue weighted by molar-refractivity contribution is -0.130. The van der Waals surface area contributed by atoms with Crippen molar-refractivity contribution in [2.24, 2.45) is 5.41 Å². The lowest BCUT2D eigenvalue weighted by Crippen LogP contribution is -2.42. The van der Waals surface area contributed by atoms with Crippen molar-refractivity contribution in [3.63, 3.8) is 0 Å². The standard InChI is InChI=1S/C9H14N2O2/c1-11-4-2-9(3-5-11)6-7(12)10-8(9)13/h2-6H2,1H3,(H,10,12,13). The predicted octanol–water partition coefficient (Wildman–Crippen LogP) is -0.255. The highest BCUT2D eigenvalue weighted by molar-refractivity contribution is 6.05. The number of likely N-dealkylation sites (tertiary alicyclic amines) is 1. The zero-order valence-electron chi connectivity index (χ0n) is 7.80. The summed E-state index contributed by atoms with van der Waals surface area (Å²) in [4.78, 5) is 24.8. The molecule has 4 heteroatoms. The minimum Gasteiger partial charge on any atom is -0.306 e. The van der Waals surface area contributed by atoms with Gasteiger partial charge in [0, 0.05) is 6.42 Å². The van der Waals surface area contributed by atoms with E-state index in [4.69, 9.17) is 0 Å². The van der Waals surface area contributed by atoms with Crippen LogP contribution >= 0.6 is 0 Å². The first-order valence-corrected chi connectivity index (χ1v) is 4.65. The molecule has 2 fully saturated rings. The second-order valence-electron chi connectivity index (χ2n) is 4.14. The molecule has 2 heterocycles. The molecule has 1 N–H and O–H groups in total. The second kappa shape index (κ2) is 2.80. The van der Waals surface area contributed by atoms with E-state index < -0.39 is 0 Å². The van der Waals surface area contributed by atoms with Crippen molar-refractivity contribution in [3.05, 3.63) is 0 Å². The molecule has 0 aromatic rings. The quantitative estimate of drug-likeness (QED) is 0.525. The van der Waals surface area contributed by atoms with E-state index in [1.807, 2.05) is 7.05 Å². The first-order chi connectivity index (χ1) is 6.12. The van der Waals surface area contributed by atoms with Gasteiger partial charge in [0.25, 0.3) is 0 Å². The zero-order chi connectivity index (χ0) is 9.47. The maximum absolute atomic E-state index is 11.5. The van der Waals surface area contributed by atoms with E-state index in [-0.39, 0.29) is 17.2 Å². The molecule has 2 amide bonds. The third-order valence-electron chi connectivity index (χ3n) is 3.18. The average molecular weight is 182 g/mol. The van der Waals surface area contributed by atoms with Gasteiger partial charge in [0.2, 0.25) is 11.8 Å². The number of rotatable bonds is 0. The summed E-state index contributed by atoms with van der Waals surface area (Å²) in [6, 6.07) is 0. The van der Waals surface area contributed by atoms with Gasteiger partial charge in [-0.2, -0.15) is 0 Å². The summed E-state index contributed by atoms with van der Waals surface area (Å²) in [5, 5.41) is 2.40. The molecule has 0 radical (unpaired) electrons. The van der Waals surface area contributed by atoms with Gasteiger partial charge in [0.05, 0.1) is 5.41 Å². The Labute approximate surface area is 77.3 Å². The zero-order valence-corrected chi connectivity index (χ0v) is 7.80. The summed E-state index contributed by atoms with van der Waals surface area (Å²) in [5.41, 5.74) is -0.358. The molecule has 0 saturated carbocycles. The van der Waals surface area contributed by atoms with Gasteiger partial charge in [-0.3, -0.25) is 14.9 Å². The van der Waals surface area contributed by atoms with Crippen molar-refractivity contribution in [2.45, 2.75) is 19.3 Å². The summed E-state index contributed by atoms with van der Waals surface area (Å²) < 4.78 is 0. The van der Waals surface area contributed by atoms with Crippen LogP contribution in [0.25, 0.3) is 0 Å². The first-order valence-electron chi connectivity index (χ1n) is 4.65. The highest BCUT2D eigenvalue weighted by Crippen LogP contribution is 2.37. The van der Waals surface area contributed by atoms with Crippen molar-refractivity contribution >= 4 is 11.8 Å². The van der Waals surface area contributed by atoms with Gasteiger partial charge in [0.15, 0.2) is 0 Å². The minimum atomic E-state index is -0.358. The fraction of sp³-hybridized carbons (Fsp3) is 0.778. The normalized spacial score (nSPS) is 28.1. The van der Waals surface area contributed by atoms with E-state index >= 15 is 0 Å². The molecule has 13 heavy (non-hydrogen) atoms. The molecule has 2 saturated heterocycles. The molecule has 0 aromatic heterocycles. The third kappa shape index (κ3) is 1.35. The van der Waals surface area contributed by atoms with Crippen LogP contribution in [0.1, 0.15) is 19.3 Å². The molecule has 0 aromatic carbocycles. The van der Waals surface area contributed by atoms with Crippen LogP contribution in [0.15, 0.2) is 0 Å². The lowest BCUT2D eigenvalue weighted by atomic mass is 9.77. The van der Waals surface area contributed by atoms with Gasteiger partial charge in [-0.1, -0.05) is 0 Å². The minimum absolute atomic E-state index is 0.0504. The number of carbonyl (C=O) groups excluding carboxylic acids is 2. The highest BCUT2D eigenvalue weighted by atomic mass is 16.2. The number of amides is 2. The summed E-state index contributed by atoms with van der Waals surface area (Å²) >= 11 is 0. The predicted molar refractivity (Wildman–Crippen MR) is 46.9 cm³/mol. The second-order valence-corrected chi connectivity index (χ2v) is 4.14. The Balaban J connectivity index is 2.13. The number of nitrogens with zero attached hydrogens (tertiary/aromatic N) is 1. The number of hydrogen-bond donors (Lipinski definition) is 1. The van der Waals surface area contributed by atoms with Gasteiger partial charge in [-0.05, 0) is 33.0 Å². The van der Waals surface area contributed by atoms with E-state index in [0.29, 0.717) is 6.42 Å². The van der Waals surface area contributed by atoms with E-state index in [1.54, 1.807) is 0 Å². The molecule has 72 valence electrons. The molecule has 0 bridgehead atoms. The number of hydrogen-bond acceptors (Lipinski definition) is 3. The smallest absolute Gasteiger partial charge is 0.233 e. The molecule has 0 atom stereocenters. The summed E-state index contributed by atoms with van der Waals surface area (Å²) in [6.45, 7) is 1.83. The molecule has 4 nitrogen and oxygen atoms in total. The van der Waals surface area contributed by atoms with Crippen molar-refractivity contribution in [1.29, 1.82) is 0 Å². The molecule has 2 aliphatic heterocycles. The maximum atomic E-state index is 11.5. The number of imide groups is 1. The van der Waals surface area contributed by atoms with Gasteiger partial charge >= 0.3 is 0 Å². The Kier molecular flexibility index (Phi) is 1.87. The molecule has 2 aliphatic rings. The molecule has 2 rings (SSSR count). The molecular formula is C9H14N2O2. The number of carbonyl (C=O) groups is 2. The Morgan fingerprint density at radius 3 is 2.38 bits per heavy atom. The summed E-state index contributed by atoms with van der Waals surface area (Å²) in [7, 11) is 2.04. The average Bonchev–Trinajstić information content (AvgIpc) is 2.34. The van der Waals surface area contributed by atoms with E-state index in [1.165, 1.54) is 0 Å². The van der Waals surface area contributed by atoms with Crippen LogP contribution in [0.2, 0.25) is 0 Å². The van der Waals surface area contributed by atoms with Crippen LogP contribution in [0.5, 0.6) is 0 Å². The van der Waals surface area contributed by atoms with Gasteiger partial charge in [-0.25, -0.2) is 0 Å². The largest absolute Gasteiger partial charge is 0.306 e. The summed E-state index contributed by atoms with van der Waals surface area (Å²) in [5.74, 6) is -0.153. The van der Waals surface area contributed by atoms with Crippen LogP contribution in [0, 0.1) is 5.41 Å². The highest BCUT2D eigenvalue weighted by Gasteiger charge is 2.47. The molecule has 0 unspecified atom stereocenters. The van der Waals surface area contributed by atoms with Crippen LogP contribution in [-0.4, -0.2) is 36.9 Å². The van der Waals surface area contributed by atoms with E-state index in [2.05, 4.69) is 10.2 Å². The Morgan fingerprint density at radius 1 is 1.31 bits per heavy atom. The fourth-order valence-electron chi connectivity index (χ4n) is 2.14. The molecular weight excluding hydrogens is 168 g/mol. The first kappa shape index (κ1) is 8.69. The topological polar surface area (TPSA) is 49.4 Å². The van der Waals surface area contributed by atoms with Gasteiger partial charge < -0.3 is 4.90 Å². The number of nitrogens with one attached hydrogen (secondary N) is 1. The lowest BCUT2D eigenvalue weighted by Gasteiger charge is -2.34. The van der Waals surface area contributed by atoms with Gasteiger partial charge in [0.1, 0.15) is 0 Å². The van der Waals surface area contributed by atoms with Crippen molar-refractivity contribution < 1.29 is 9.59 Å². The number of piperidine rings is 1. The van der Waals surface area contributed by atoms with E-state index in [9.17, 15) is 9.59 Å². The van der Waals surface area contributed by atoms with Crippen molar-refractivity contribution in [1.82, 2.24) is 10.2 Å². The third-order valence-corrected chi connectivity index (χ3v) is 3.18. The SMILES string of the molecule is CN1CCC2(CC1)CC(=O)NC2=O. The van der Waals surface area contributed by atoms with Crippen LogP contribution in [0.4, 0.5) is 0 Å². The molecule has 1 spiro atoms. The Bertz CT molecular complexity index is 254. The van der Waals surface area contributed by atoms with E-state index in [0.717, 1.165) is 25.9 Å². The summed E-state index contributed by atoms with van der Waals surface area (Å²) in [6.07, 6.45) is 2.04. The van der Waals surface area contributed by atoms with Crippen molar-refractivity contribution in [3.8, 4) is 0 Å². The monoisotopic (exact) mass is 182 g/mol.